The normalized spacial score (nSPS) is 36.4. The molecule has 1 saturated heterocycles. The average Bonchev–Trinajstić information content (AvgIpc) is 2.53. The predicted molar refractivity (Wildman–Crippen MR) is 60.7 cm³/mol. The quantitative estimate of drug-likeness (QED) is 0.713. The van der Waals surface area contributed by atoms with E-state index >= 15 is 0 Å². The molecule has 2 rings (SSSR count). The Labute approximate surface area is 93.0 Å². The smallest absolute Gasteiger partial charge is 0.0622 e. The highest BCUT2D eigenvalue weighted by atomic mass is 16.5. The largest absolute Gasteiger partial charge is 0.392 e. The van der Waals surface area contributed by atoms with Gasteiger partial charge in [0.25, 0.3) is 0 Å². The van der Waals surface area contributed by atoms with Crippen LogP contribution in [0.4, 0.5) is 0 Å². The first kappa shape index (κ1) is 11.4. The highest BCUT2D eigenvalue weighted by molar-refractivity contribution is 4.84. The van der Waals surface area contributed by atoms with E-state index in [1.807, 2.05) is 0 Å². The van der Waals surface area contributed by atoms with Gasteiger partial charge in [0, 0.05) is 12.5 Å². The molecule has 2 fully saturated rings. The number of rotatable bonds is 2. The van der Waals surface area contributed by atoms with Gasteiger partial charge in [-0.05, 0) is 32.1 Å². The second-order valence-electron chi connectivity index (χ2n) is 5.27. The first-order valence-corrected chi connectivity index (χ1v) is 6.58. The molecule has 0 aromatic rings. The molecular weight excluding hydrogens is 188 g/mol. The molecule has 0 aromatic heterocycles. The van der Waals surface area contributed by atoms with E-state index in [2.05, 4.69) is 6.92 Å². The van der Waals surface area contributed by atoms with Crippen molar-refractivity contribution in [3.05, 3.63) is 0 Å². The maximum absolute atomic E-state index is 10.4. The summed E-state index contributed by atoms with van der Waals surface area (Å²) < 4.78 is 5.55. The van der Waals surface area contributed by atoms with Crippen molar-refractivity contribution in [3.63, 3.8) is 0 Å². The molecule has 1 aliphatic carbocycles. The molecule has 1 aliphatic heterocycles. The van der Waals surface area contributed by atoms with Crippen LogP contribution in [0.25, 0.3) is 0 Å². The van der Waals surface area contributed by atoms with Crippen molar-refractivity contribution in [2.75, 3.05) is 6.61 Å². The number of ether oxygens (including phenoxy) is 1. The van der Waals surface area contributed by atoms with Gasteiger partial charge in [-0.3, -0.25) is 0 Å². The van der Waals surface area contributed by atoms with Crippen molar-refractivity contribution in [3.8, 4) is 0 Å². The maximum Gasteiger partial charge on any atom is 0.0622 e. The Morgan fingerprint density at radius 2 is 1.73 bits per heavy atom. The van der Waals surface area contributed by atoms with Gasteiger partial charge in [0.15, 0.2) is 0 Å². The fourth-order valence-electron chi connectivity index (χ4n) is 3.20. The summed E-state index contributed by atoms with van der Waals surface area (Å²) in [6, 6.07) is 0. The van der Waals surface area contributed by atoms with Crippen LogP contribution in [-0.4, -0.2) is 23.9 Å². The molecule has 3 atom stereocenters. The second-order valence-corrected chi connectivity index (χ2v) is 5.27. The van der Waals surface area contributed by atoms with Crippen LogP contribution in [-0.2, 0) is 4.74 Å². The third-order valence-electron chi connectivity index (χ3n) is 4.26. The van der Waals surface area contributed by atoms with Crippen molar-refractivity contribution in [1.82, 2.24) is 0 Å². The number of hydrogen-bond donors (Lipinski definition) is 1. The summed E-state index contributed by atoms with van der Waals surface area (Å²) in [5.74, 6) is 0.940. The first-order chi connectivity index (χ1) is 7.29. The van der Waals surface area contributed by atoms with Crippen LogP contribution in [0, 0.1) is 11.8 Å². The van der Waals surface area contributed by atoms with E-state index in [-0.39, 0.29) is 12.2 Å². The van der Waals surface area contributed by atoms with E-state index in [4.69, 9.17) is 4.74 Å². The molecule has 1 heterocycles. The van der Waals surface area contributed by atoms with Crippen LogP contribution in [0.1, 0.15) is 51.9 Å². The minimum absolute atomic E-state index is 0.111. The Hall–Kier alpha value is -0.0800. The Balaban J connectivity index is 1.90. The summed E-state index contributed by atoms with van der Waals surface area (Å²) in [6.45, 7) is 2.95. The summed E-state index contributed by atoms with van der Waals surface area (Å²) >= 11 is 0. The van der Waals surface area contributed by atoms with Crippen LogP contribution in [0.5, 0.6) is 0 Å². The van der Waals surface area contributed by atoms with Crippen molar-refractivity contribution in [2.45, 2.75) is 64.1 Å². The molecule has 0 radical (unpaired) electrons. The summed E-state index contributed by atoms with van der Waals surface area (Å²) in [5.41, 5.74) is 0. The zero-order valence-electron chi connectivity index (χ0n) is 9.82. The summed E-state index contributed by atoms with van der Waals surface area (Å²) in [7, 11) is 0. The van der Waals surface area contributed by atoms with Gasteiger partial charge in [-0.1, -0.05) is 25.7 Å². The number of aliphatic hydroxyl groups is 1. The number of hydrogen-bond acceptors (Lipinski definition) is 2. The van der Waals surface area contributed by atoms with Crippen LogP contribution in [0.2, 0.25) is 0 Å². The van der Waals surface area contributed by atoms with Gasteiger partial charge in [0.1, 0.15) is 0 Å². The molecule has 15 heavy (non-hydrogen) atoms. The average molecular weight is 212 g/mol. The zero-order chi connectivity index (χ0) is 10.7. The van der Waals surface area contributed by atoms with Crippen LogP contribution in [0.15, 0.2) is 0 Å². The summed E-state index contributed by atoms with van der Waals surface area (Å²) in [6.07, 6.45) is 9.00. The van der Waals surface area contributed by atoms with Gasteiger partial charge in [-0.25, -0.2) is 0 Å². The van der Waals surface area contributed by atoms with Gasteiger partial charge < -0.3 is 9.84 Å². The molecule has 0 bridgehead atoms. The van der Waals surface area contributed by atoms with Crippen molar-refractivity contribution < 1.29 is 9.84 Å². The maximum atomic E-state index is 10.4. The molecule has 3 unspecified atom stereocenters. The third kappa shape index (κ3) is 2.73. The fraction of sp³-hybridized carbons (Fsp3) is 1.00. The molecule has 2 nitrogen and oxygen atoms in total. The second kappa shape index (κ2) is 5.31. The summed E-state index contributed by atoms with van der Waals surface area (Å²) in [5, 5.41) is 10.4. The zero-order valence-corrected chi connectivity index (χ0v) is 9.82. The molecule has 0 spiro atoms. The van der Waals surface area contributed by atoms with Gasteiger partial charge in [-0.15, -0.1) is 0 Å². The molecule has 2 aliphatic rings. The van der Waals surface area contributed by atoms with Gasteiger partial charge in [0.2, 0.25) is 0 Å². The SMILES string of the molecule is CC1OCCC1C(O)C1CCCCCC1. The first-order valence-electron chi connectivity index (χ1n) is 6.58. The Morgan fingerprint density at radius 1 is 1.07 bits per heavy atom. The number of aliphatic hydroxyl groups excluding tert-OH is 1. The van der Waals surface area contributed by atoms with Crippen molar-refractivity contribution in [2.24, 2.45) is 11.8 Å². The Bertz CT molecular complexity index is 185. The van der Waals surface area contributed by atoms with Gasteiger partial charge in [-0.2, -0.15) is 0 Å². The van der Waals surface area contributed by atoms with Crippen molar-refractivity contribution in [1.29, 1.82) is 0 Å². The van der Waals surface area contributed by atoms with Crippen LogP contribution in [0.3, 0.4) is 0 Å². The van der Waals surface area contributed by atoms with E-state index in [9.17, 15) is 5.11 Å². The highest BCUT2D eigenvalue weighted by Crippen LogP contribution is 2.34. The van der Waals surface area contributed by atoms with E-state index < -0.39 is 0 Å². The topological polar surface area (TPSA) is 29.5 Å². The summed E-state index contributed by atoms with van der Waals surface area (Å²) in [4.78, 5) is 0. The standard InChI is InChI=1S/C13H24O2/c1-10-12(8-9-15-10)13(14)11-6-4-2-3-5-7-11/h10-14H,2-9H2,1H3. The lowest BCUT2D eigenvalue weighted by molar-refractivity contribution is 0.00645. The van der Waals surface area contributed by atoms with E-state index in [0.29, 0.717) is 11.8 Å². The molecule has 1 saturated carbocycles. The predicted octanol–water partition coefficient (Wildman–Crippen LogP) is 2.74. The fourth-order valence-corrected chi connectivity index (χ4v) is 3.20. The van der Waals surface area contributed by atoms with E-state index in [1.54, 1.807) is 0 Å². The molecule has 88 valence electrons. The van der Waals surface area contributed by atoms with Crippen LogP contribution >= 0.6 is 0 Å². The molecule has 0 aromatic carbocycles. The van der Waals surface area contributed by atoms with Gasteiger partial charge in [0.05, 0.1) is 12.2 Å². The van der Waals surface area contributed by atoms with E-state index in [0.717, 1.165) is 13.0 Å². The van der Waals surface area contributed by atoms with Gasteiger partial charge >= 0.3 is 0 Å². The molecular formula is C13H24O2. The monoisotopic (exact) mass is 212 g/mol. The minimum Gasteiger partial charge on any atom is -0.392 e. The Kier molecular flexibility index (Phi) is 4.04. The molecule has 2 heteroatoms. The molecule has 0 amide bonds. The lowest BCUT2D eigenvalue weighted by Crippen LogP contribution is -2.33. The lowest BCUT2D eigenvalue weighted by atomic mass is 9.83. The van der Waals surface area contributed by atoms with E-state index in [1.165, 1.54) is 38.5 Å². The molecule has 1 N–H and O–H groups in total. The highest BCUT2D eigenvalue weighted by Gasteiger charge is 2.35. The minimum atomic E-state index is -0.111. The Morgan fingerprint density at radius 3 is 2.27 bits per heavy atom. The van der Waals surface area contributed by atoms with Crippen molar-refractivity contribution >= 4 is 0 Å². The third-order valence-corrected chi connectivity index (χ3v) is 4.26. The van der Waals surface area contributed by atoms with Crippen LogP contribution < -0.4 is 0 Å². The lowest BCUT2D eigenvalue weighted by Gasteiger charge is -2.28.